The van der Waals surface area contributed by atoms with E-state index in [1.165, 1.54) is 0 Å². The minimum atomic E-state index is -3.55. The van der Waals surface area contributed by atoms with Crippen LogP contribution in [-0.2, 0) is 15.8 Å². The van der Waals surface area contributed by atoms with Crippen molar-refractivity contribution in [2.45, 2.75) is 25.1 Å². The summed E-state index contributed by atoms with van der Waals surface area (Å²) in [5, 5.41) is 0.664. The molecule has 0 aliphatic carbocycles. The van der Waals surface area contributed by atoms with Crippen LogP contribution in [0.5, 0.6) is 0 Å². The number of benzene rings is 1. The van der Waals surface area contributed by atoms with Crippen LogP contribution in [0, 0.1) is 0 Å². The lowest BCUT2D eigenvalue weighted by Gasteiger charge is -2.24. The molecule has 0 saturated heterocycles. The van der Waals surface area contributed by atoms with E-state index in [9.17, 15) is 8.42 Å². The first-order valence-electron chi connectivity index (χ1n) is 5.31. The Morgan fingerprint density at radius 2 is 1.78 bits per heavy atom. The summed E-state index contributed by atoms with van der Waals surface area (Å²) in [6.07, 6.45) is 0. The van der Waals surface area contributed by atoms with Crippen LogP contribution >= 0.6 is 23.2 Å². The van der Waals surface area contributed by atoms with Gasteiger partial charge in [-0.25, -0.2) is 13.1 Å². The van der Waals surface area contributed by atoms with Crippen LogP contribution in [0.3, 0.4) is 0 Å². The number of nitrogens with two attached hydrogens (primary N) is 1. The molecule has 4 nitrogen and oxygen atoms in total. The van der Waals surface area contributed by atoms with E-state index in [-0.39, 0.29) is 12.3 Å². The normalized spacial score (nSPS) is 12.7. The first kappa shape index (κ1) is 15.7. The zero-order valence-corrected chi connectivity index (χ0v) is 12.5. The fraction of sp³-hybridized carbons (Fsp3) is 0.455. The molecule has 0 radical (unpaired) electrons. The topological polar surface area (TPSA) is 72.2 Å². The molecule has 7 heteroatoms. The molecule has 3 N–H and O–H groups in total. The molecule has 102 valence electrons. The summed E-state index contributed by atoms with van der Waals surface area (Å²) in [5.41, 5.74) is 5.18. The van der Waals surface area contributed by atoms with E-state index in [1.807, 2.05) is 0 Å². The van der Waals surface area contributed by atoms with Gasteiger partial charge in [-0.2, -0.15) is 0 Å². The maximum Gasteiger partial charge on any atom is 0.216 e. The molecular weight excluding hydrogens is 295 g/mol. The molecule has 1 aromatic rings. The molecule has 0 aliphatic rings. The number of halogens is 2. The van der Waals surface area contributed by atoms with Crippen molar-refractivity contribution < 1.29 is 8.42 Å². The second kappa shape index (κ2) is 5.75. The highest BCUT2D eigenvalue weighted by molar-refractivity contribution is 7.88. The van der Waals surface area contributed by atoms with Gasteiger partial charge in [0.05, 0.1) is 5.75 Å². The van der Waals surface area contributed by atoms with E-state index in [0.717, 1.165) is 0 Å². The minimum absolute atomic E-state index is 0.197. The van der Waals surface area contributed by atoms with Gasteiger partial charge in [-0.05, 0) is 26.0 Å². The van der Waals surface area contributed by atoms with E-state index in [1.54, 1.807) is 32.0 Å². The zero-order chi connectivity index (χ0) is 14.0. The van der Waals surface area contributed by atoms with Crippen molar-refractivity contribution in [1.29, 1.82) is 0 Å². The Kier molecular flexibility index (Phi) is 5.03. The first-order chi connectivity index (χ1) is 8.17. The lowest BCUT2D eigenvalue weighted by molar-refractivity contribution is 0.462. The SMILES string of the molecule is CC(C)(CN)NS(=O)(=O)Cc1c(Cl)cccc1Cl. The summed E-state index contributed by atoms with van der Waals surface area (Å²) in [6.45, 7) is 3.61. The Morgan fingerprint density at radius 3 is 2.22 bits per heavy atom. The summed E-state index contributed by atoms with van der Waals surface area (Å²) >= 11 is 11.9. The van der Waals surface area contributed by atoms with Crippen molar-refractivity contribution in [3.63, 3.8) is 0 Å². The molecule has 0 aliphatic heterocycles. The van der Waals surface area contributed by atoms with E-state index in [0.29, 0.717) is 15.6 Å². The van der Waals surface area contributed by atoms with E-state index in [4.69, 9.17) is 28.9 Å². The summed E-state index contributed by atoms with van der Waals surface area (Å²) in [5.74, 6) is -0.269. The Bertz CT molecular complexity index is 510. The molecular formula is C11H16Cl2N2O2S. The Hall–Kier alpha value is -0.330. The number of rotatable bonds is 5. The molecule has 1 rings (SSSR count). The molecule has 0 atom stereocenters. The maximum absolute atomic E-state index is 12.0. The van der Waals surface area contributed by atoms with Crippen LogP contribution in [0.25, 0.3) is 0 Å². The Labute approximate surface area is 118 Å². The van der Waals surface area contributed by atoms with Gasteiger partial charge in [0.2, 0.25) is 10.0 Å². The van der Waals surface area contributed by atoms with Gasteiger partial charge in [0.25, 0.3) is 0 Å². The number of sulfonamides is 1. The summed E-state index contributed by atoms with van der Waals surface area (Å²) in [4.78, 5) is 0. The van der Waals surface area contributed by atoms with Gasteiger partial charge in [-0.15, -0.1) is 0 Å². The zero-order valence-electron chi connectivity index (χ0n) is 10.2. The molecule has 0 amide bonds. The van der Waals surface area contributed by atoms with Gasteiger partial charge in [0, 0.05) is 27.7 Å². The molecule has 0 unspecified atom stereocenters. The van der Waals surface area contributed by atoms with Crippen molar-refractivity contribution in [2.75, 3.05) is 6.54 Å². The minimum Gasteiger partial charge on any atom is -0.329 e. The highest BCUT2D eigenvalue weighted by atomic mass is 35.5. The molecule has 0 saturated carbocycles. The van der Waals surface area contributed by atoms with Gasteiger partial charge in [0.15, 0.2) is 0 Å². The molecule has 0 fully saturated rings. The first-order valence-corrected chi connectivity index (χ1v) is 7.72. The predicted octanol–water partition coefficient (Wildman–Crippen LogP) is 2.15. The maximum atomic E-state index is 12.0. The molecule has 0 spiro atoms. The van der Waals surface area contributed by atoms with E-state index in [2.05, 4.69) is 4.72 Å². The van der Waals surface area contributed by atoms with Crippen molar-refractivity contribution in [2.24, 2.45) is 5.73 Å². The largest absolute Gasteiger partial charge is 0.329 e. The number of hydrogen-bond donors (Lipinski definition) is 2. The summed E-state index contributed by atoms with van der Waals surface area (Å²) in [7, 11) is -3.55. The highest BCUT2D eigenvalue weighted by Crippen LogP contribution is 2.26. The van der Waals surface area contributed by atoms with Crippen molar-refractivity contribution in [1.82, 2.24) is 4.72 Å². The quantitative estimate of drug-likeness (QED) is 0.875. The molecule has 1 aromatic carbocycles. The predicted molar refractivity (Wildman–Crippen MR) is 75.4 cm³/mol. The van der Waals surface area contributed by atoms with Crippen LogP contribution in [-0.4, -0.2) is 20.5 Å². The Morgan fingerprint density at radius 1 is 1.28 bits per heavy atom. The van der Waals surface area contributed by atoms with Crippen LogP contribution in [0.1, 0.15) is 19.4 Å². The van der Waals surface area contributed by atoms with Gasteiger partial charge in [-0.1, -0.05) is 29.3 Å². The second-order valence-electron chi connectivity index (χ2n) is 4.65. The third-order valence-electron chi connectivity index (χ3n) is 2.34. The van der Waals surface area contributed by atoms with Gasteiger partial charge >= 0.3 is 0 Å². The fourth-order valence-electron chi connectivity index (χ4n) is 1.36. The number of nitrogens with one attached hydrogen (secondary N) is 1. The Balaban J connectivity index is 2.97. The lowest BCUT2D eigenvalue weighted by atomic mass is 10.1. The van der Waals surface area contributed by atoms with Gasteiger partial charge < -0.3 is 5.73 Å². The number of hydrogen-bond acceptors (Lipinski definition) is 3. The molecule has 0 heterocycles. The second-order valence-corrected chi connectivity index (χ2v) is 7.19. The fourth-order valence-corrected chi connectivity index (χ4v) is 3.74. The van der Waals surface area contributed by atoms with Crippen molar-refractivity contribution >= 4 is 33.2 Å². The molecule has 0 bridgehead atoms. The molecule has 0 aromatic heterocycles. The molecule has 18 heavy (non-hydrogen) atoms. The van der Waals surface area contributed by atoms with Crippen LogP contribution in [0.2, 0.25) is 10.0 Å². The lowest BCUT2D eigenvalue weighted by Crippen LogP contribution is -2.49. The van der Waals surface area contributed by atoms with Crippen molar-refractivity contribution in [3.8, 4) is 0 Å². The average molecular weight is 311 g/mol. The third kappa shape index (κ3) is 4.40. The smallest absolute Gasteiger partial charge is 0.216 e. The van der Waals surface area contributed by atoms with E-state index < -0.39 is 15.6 Å². The van der Waals surface area contributed by atoms with Crippen LogP contribution < -0.4 is 10.5 Å². The summed E-state index contributed by atoms with van der Waals surface area (Å²) in [6, 6.07) is 4.87. The van der Waals surface area contributed by atoms with Gasteiger partial charge in [0.1, 0.15) is 0 Å². The summed E-state index contributed by atoms with van der Waals surface area (Å²) < 4.78 is 26.5. The van der Waals surface area contributed by atoms with Crippen molar-refractivity contribution in [3.05, 3.63) is 33.8 Å². The van der Waals surface area contributed by atoms with Crippen LogP contribution in [0.4, 0.5) is 0 Å². The standard InChI is InChI=1S/C11H16Cl2N2O2S/c1-11(2,7-14)15-18(16,17)6-8-9(12)4-3-5-10(8)13/h3-5,15H,6-7,14H2,1-2H3. The average Bonchev–Trinajstić information content (AvgIpc) is 2.22. The third-order valence-corrected chi connectivity index (χ3v) is 4.58. The highest BCUT2D eigenvalue weighted by Gasteiger charge is 2.24. The van der Waals surface area contributed by atoms with E-state index >= 15 is 0 Å². The monoisotopic (exact) mass is 310 g/mol. The van der Waals surface area contributed by atoms with Gasteiger partial charge in [-0.3, -0.25) is 0 Å². The van der Waals surface area contributed by atoms with Crippen LogP contribution in [0.15, 0.2) is 18.2 Å².